The van der Waals surface area contributed by atoms with E-state index in [0.29, 0.717) is 18.1 Å². The van der Waals surface area contributed by atoms with Crippen molar-refractivity contribution >= 4 is 11.5 Å². The Morgan fingerprint density at radius 3 is 2.88 bits per heavy atom. The molecule has 2 N–H and O–H groups in total. The van der Waals surface area contributed by atoms with Crippen LogP contribution >= 0.6 is 0 Å². The van der Waals surface area contributed by atoms with Gasteiger partial charge in [0.25, 0.3) is 6.43 Å². The monoisotopic (exact) mass is 245 g/mol. The molecular weight excluding hydrogens is 228 g/mol. The molecule has 0 bridgehead atoms. The first kappa shape index (κ1) is 13.6. The van der Waals surface area contributed by atoms with Gasteiger partial charge in [-0.1, -0.05) is 0 Å². The molecule has 0 saturated heterocycles. The van der Waals surface area contributed by atoms with Crippen molar-refractivity contribution in [1.29, 1.82) is 0 Å². The fraction of sp³-hybridized carbons (Fsp3) is 0.545. The summed E-state index contributed by atoms with van der Waals surface area (Å²) in [6.07, 6.45) is -0.874. The average molecular weight is 245 g/mol. The third-order valence-corrected chi connectivity index (χ3v) is 2.19. The van der Waals surface area contributed by atoms with Crippen molar-refractivity contribution < 1.29 is 13.9 Å². The van der Waals surface area contributed by atoms with Crippen LogP contribution in [0.5, 0.6) is 0 Å². The molecule has 1 aromatic heterocycles. The van der Waals surface area contributed by atoms with Crippen LogP contribution in [-0.2, 0) is 0 Å². The summed E-state index contributed by atoms with van der Waals surface area (Å²) in [6.45, 7) is 2.27. The van der Waals surface area contributed by atoms with Crippen molar-refractivity contribution in [3.05, 3.63) is 18.3 Å². The summed E-state index contributed by atoms with van der Waals surface area (Å²) in [4.78, 5) is 5.50. The summed E-state index contributed by atoms with van der Waals surface area (Å²) in [7, 11) is 0. The van der Waals surface area contributed by atoms with Gasteiger partial charge in [-0.2, -0.15) is 0 Å². The molecule has 1 heterocycles. The zero-order chi connectivity index (χ0) is 12.7. The molecule has 0 aliphatic rings. The number of pyridine rings is 1. The highest BCUT2D eigenvalue weighted by molar-refractivity contribution is 5.53. The number of aromatic nitrogens is 1. The molecule has 17 heavy (non-hydrogen) atoms. The SMILES string of the molecule is CCNc1cc(N(CCO)CC(F)F)ccn1. The Morgan fingerprint density at radius 1 is 1.53 bits per heavy atom. The topological polar surface area (TPSA) is 48.4 Å². The largest absolute Gasteiger partial charge is 0.395 e. The van der Waals surface area contributed by atoms with Gasteiger partial charge in [0.15, 0.2) is 0 Å². The highest BCUT2D eigenvalue weighted by Gasteiger charge is 2.12. The molecule has 0 aromatic carbocycles. The molecule has 0 atom stereocenters. The van der Waals surface area contributed by atoms with Crippen molar-refractivity contribution in [3.8, 4) is 0 Å². The van der Waals surface area contributed by atoms with E-state index in [0.717, 1.165) is 0 Å². The molecule has 0 amide bonds. The molecule has 0 aliphatic heterocycles. The van der Waals surface area contributed by atoms with Crippen LogP contribution in [0.25, 0.3) is 0 Å². The van der Waals surface area contributed by atoms with E-state index < -0.39 is 13.0 Å². The fourth-order valence-corrected chi connectivity index (χ4v) is 1.51. The second-order valence-electron chi connectivity index (χ2n) is 3.49. The molecule has 0 saturated carbocycles. The standard InChI is InChI=1S/C11H17F2N3O/c1-2-14-11-7-9(3-4-15-11)16(5-6-17)8-10(12)13/h3-4,7,10,17H,2,5-6,8H2,1H3,(H,14,15). The molecule has 0 aliphatic carbocycles. The first-order valence-corrected chi connectivity index (χ1v) is 5.51. The summed E-state index contributed by atoms with van der Waals surface area (Å²) in [5, 5.41) is 11.9. The summed E-state index contributed by atoms with van der Waals surface area (Å²) in [5.74, 6) is 0.641. The summed E-state index contributed by atoms with van der Waals surface area (Å²) < 4.78 is 24.8. The number of hydrogen-bond donors (Lipinski definition) is 2. The molecule has 6 heteroatoms. The van der Waals surface area contributed by atoms with Crippen LogP contribution in [-0.4, -0.2) is 42.8 Å². The van der Waals surface area contributed by atoms with E-state index >= 15 is 0 Å². The van der Waals surface area contributed by atoms with E-state index in [9.17, 15) is 8.78 Å². The van der Waals surface area contributed by atoms with Gasteiger partial charge in [-0.15, -0.1) is 0 Å². The molecule has 0 spiro atoms. The van der Waals surface area contributed by atoms with Gasteiger partial charge in [-0.05, 0) is 13.0 Å². The second-order valence-corrected chi connectivity index (χ2v) is 3.49. The number of hydrogen-bond acceptors (Lipinski definition) is 4. The predicted molar refractivity (Wildman–Crippen MR) is 63.7 cm³/mol. The van der Waals surface area contributed by atoms with Crippen molar-refractivity contribution in [1.82, 2.24) is 4.98 Å². The van der Waals surface area contributed by atoms with Gasteiger partial charge in [0, 0.05) is 31.0 Å². The van der Waals surface area contributed by atoms with Gasteiger partial charge >= 0.3 is 0 Å². The number of alkyl halides is 2. The number of rotatable bonds is 7. The zero-order valence-electron chi connectivity index (χ0n) is 9.74. The second kappa shape index (κ2) is 7.01. The quantitative estimate of drug-likeness (QED) is 0.765. The Balaban J connectivity index is 2.81. The van der Waals surface area contributed by atoms with Crippen molar-refractivity contribution in [2.24, 2.45) is 0 Å². The molecule has 0 radical (unpaired) electrons. The Bertz CT molecular complexity index is 336. The normalized spacial score (nSPS) is 10.6. The minimum atomic E-state index is -2.43. The zero-order valence-corrected chi connectivity index (χ0v) is 9.74. The highest BCUT2D eigenvalue weighted by Crippen LogP contribution is 2.18. The highest BCUT2D eigenvalue weighted by atomic mass is 19.3. The van der Waals surface area contributed by atoms with Gasteiger partial charge < -0.3 is 15.3 Å². The molecule has 0 unspecified atom stereocenters. The number of nitrogens with zero attached hydrogens (tertiary/aromatic N) is 2. The number of nitrogens with one attached hydrogen (secondary N) is 1. The van der Waals surface area contributed by atoms with Crippen LogP contribution in [0.1, 0.15) is 6.92 Å². The van der Waals surface area contributed by atoms with Gasteiger partial charge in [0.05, 0.1) is 13.2 Å². The van der Waals surface area contributed by atoms with Crippen LogP contribution in [0.15, 0.2) is 18.3 Å². The molecule has 1 aromatic rings. The van der Waals surface area contributed by atoms with Crippen LogP contribution < -0.4 is 10.2 Å². The lowest BCUT2D eigenvalue weighted by Crippen LogP contribution is -2.31. The lowest BCUT2D eigenvalue weighted by molar-refractivity contribution is 0.153. The maximum Gasteiger partial charge on any atom is 0.255 e. The van der Waals surface area contributed by atoms with E-state index in [-0.39, 0.29) is 13.2 Å². The van der Waals surface area contributed by atoms with Gasteiger partial charge in [-0.3, -0.25) is 0 Å². The third-order valence-electron chi connectivity index (χ3n) is 2.19. The first-order valence-electron chi connectivity index (χ1n) is 5.51. The van der Waals surface area contributed by atoms with E-state index in [1.165, 1.54) is 4.90 Å². The lowest BCUT2D eigenvalue weighted by atomic mass is 10.3. The molecule has 4 nitrogen and oxygen atoms in total. The molecule has 0 fully saturated rings. The van der Waals surface area contributed by atoms with Gasteiger partial charge in [0.2, 0.25) is 0 Å². The van der Waals surface area contributed by atoms with E-state index in [1.54, 1.807) is 18.3 Å². The summed E-state index contributed by atoms with van der Waals surface area (Å²) >= 11 is 0. The molecular formula is C11H17F2N3O. The number of aliphatic hydroxyl groups is 1. The smallest absolute Gasteiger partial charge is 0.255 e. The maximum atomic E-state index is 12.4. The number of halogens is 2. The average Bonchev–Trinajstić information content (AvgIpc) is 2.29. The van der Waals surface area contributed by atoms with E-state index in [4.69, 9.17) is 5.11 Å². The number of anilines is 2. The Hall–Kier alpha value is -1.43. The van der Waals surface area contributed by atoms with Crippen molar-refractivity contribution in [3.63, 3.8) is 0 Å². The van der Waals surface area contributed by atoms with Crippen LogP contribution in [0, 0.1) is 0 Å². The minimum Gasteiger partial charge on any atom is -0.395 e. The predicted octanol–water partition coefficient (Wildman–Crippen LogP) is 1.58. The fourth-order valence-electron chi connectivity index (χ4n) is 1.51. The number of aliphatic hydroxyl groups excluding tert-OH is 1. The Morgan fingerprint density at radius 2 is 2.29 bits per heavy atom. The Labute approximate surface area is 99.3 Å². The van der Waals surface area contributed by atoms with Crippen molar-refractivity contribution in [2.45, 2.75) is 13.3 Å². The molecule has 1 rings (SSSR count). The van der Waals surface area contributed by atoms with E-state index in [1.807, 2.05) is 6.92 Å². The lowest BCUT2D eigenvalue weighted by Gasteiger charge is -2.23. The van der Waals surface area contributed by atoms with Crippen LogP contribution in [0.3, 0.4) is 0 Å². The van der Waals surface area contributed by atoms with Gasteiger partial charge in [-0.25, -0.2) is 13.8 Å². The van der Waals surface area contributed by atoms with Crippen LogP contribution in [0.2, 0.25) is 0 Å². The first-order chi connectivity index (χ1) is 8.17. The summed E-state index contributed by atoms with van der Waals surface area (Å²) in [6, 6.07) is 3.35. The molecule has 96 valence electrons. The summed E-state index contributed by atoms with van der Waals surface area (Å²) in [5.41, 5.74) is 0.630. The van der Waals surface area contributed by atoms with Crippen LogP contribution in [0.4, 0.5) is 20.3 Å². The minimum absolute atomic E-state index is 0.161. The van der Waals surface area contributed by atoms with E-state index in [2.05, 4.69) is 10.3 Å². The third kappa shape index (κ3) is 4.52. The van der Waals surface area contributed by atoms with Crippen molar-refractivity contribution in [2.75, 3.05) is 36.5 Å². The Kier molecular flexibility index (Phi) is 5.62. The maximum absolute atomic E-state index is 12.4. The van der Waals surface area contributed by atoms with Gasteiger partial charge in [0.1, 0.15) is 5.82 Å².